The van der Waals surface area contributed by atoms with Crippen molar-refractivity contribution in [3.8, 4) is 0 Å². The maximum Gasteiger partial charge on any atom is 0.541 e. The first-order valence-corrected chi connectivity index (χ1v) is 4.13. The van der Waals surface area contributed by atoms with Gasteiger partial charge in [-0.2, -0.15) is 4.89 Å². The molecular formula is C6H12O2P+. The lowest BCUT2D eigenvalue weighted by Crippen LogP contribution is -1.87. The topological polar surface area (TPSA) is 37.3 Å². The number of hydrogen-bond donors (Lipinski definition) is 1. The summed E-state index contributed by atoms with van der Waals surface area (Å²) in [7, 11) is -2.09. The SMILES string of the molecule is CC=C(C(C)C)[P+](=O)O. The van der Waals surface area contributed by atoms with Gasteiger partial charge in [0.2, 0.25) is 0 Å². The molecule has 0 aliphatic carbocycles. The molecule has 2 nitrogen and oxygen atoms in total. The van der Waals surface area contributed by atoms with E-state index in [-0.39, 0.29) is 5.92 Å². The lowest BCUT2D eigenvalue weighted by Gasteiger charge is -1.92. The molecule has 0 aromatic carbocycles. The van der Waals surface area contributed by atoms with Crippen LogP contribution in [0.15, 0.2) is 11.4 Å². The monoisotopic (exact) mass is 147 g/mol. The van der Waals surface area contributed by atoms with Gasteiger partial charge in [-0.15, -0.1) is 0 Å². The summed E-state index contributed by atoms with van der Waals surface area (Å²) >= 11 is 0. The second-order valence-corrected chi connectivity index (χ2v) is 3.20. The molecule has 0 aliphatic heterocycles. The van der Waals surface area contributed by atoms with Gasteiger partial charge in [-0.05, 0) is 17.6 Å². The molecule has 0 saturated heterocycles. The van der Waals surface area contributed by atoms with E-state index in [9.17, 15) is 4.57 Å². The standard InChI is InChI=1S/C6H11O2P/c1-4-6(5(2)3)9(7)8/h4-5H,1-3H3/p+1. The highest BCUT2D eigenvalue weighted by molar-refractivity contribution is 7.43. The first-order valence-electron chi connectivity index (χ1n) is 2.92. The third-order valence-corrected chi connectivity index (χ3v) is 2.32. The van der Waals surface area contributed by atoms with Gasteiger partial charge in [0.1, 0.15) is 0 Å². The highest BCUT2D eigenvalue weighted by Gasteiger charge is 2.22. The van der Waals surface area contributed by atoms with Gasteiger partial charge in [0.15, 0.2) is 5.31 Å². The summed E-state index contributed by atoms with van der Waals surface area (Å²) in [5.41, 5.74) is 0. The summed E-state index contributed by atoms with van der Waals surface area (Å²) in [4.78, 5) is 8.62. The average molecular weight is 147 g/mol. The molecule has 0 aliphatic rings. The maximum absolute atomic E-state index is 10.5. The summed E-state index contributed by atoms with van der Waals surface area (Å²) in [5.74, 6) is 0.184. The van der Waals surface area contributed by atoms with Crippen LogP contribution in [0.25, 0.3) is 0 Å². The fraction of sp³-hybridized carbons (Fsp3) is 0.667. The first-order chi connectivity index (χ1) is 4.09. The minimum Gasteiger partial charge on any atom is -0.156 e. The van der Waals surface area contributed by atoms with Crippen molar-refractivity contribution in [1.29, 1.82) is 0 Å². The van der Waals surface area contributed by atoms with Crippen LogP contribution < -0.4 is 0 Å². The van der Waals surface area contributed by atoms with Gasteiger partial charge in [-0.25, -0.2) is 0 Å². The van der Waals surface area contributed by atoms with Crippen molar-refractivity contribution in [2.45, 2.75) is 20.8 Å². The predicted octanol–water partition coefficient (Wildman–Crippen LogP) is 2.28. The molecule has 0 fully saturated rings. The van der Waals surface area contributed by atoms with Gasteiger partial charge in [-0.1, -0.05) is 13.8 Å². The molecular weight excluding hydrogens is 135 g/mol. The van der Waals surface area contributed by atoms with Gasteiger partial charge < -0.3 is 0 Å². The smallest absolute Gasteiger partial charge is 0.156 e. The summed E-state index contributed by atoms with van der Waals surface area (Å²) in [6, 6.07) is 0. The van der Waals surface area contributed by atoms with Crippen molar-refractivity contribution < 1.29 is 9.46 Å². The van der Waals surface area contributed by atoms with Crippen LogP contribution in [0.1, 0.15) is 20.8 Å². The zero-order valence-corrected chi connectivity index (χ0v) is 6.85. The zero-order valence-electron chi connectivity index (χ0n) is 5.96. The van der Waals surface area contributed by atoms with Crippen LogP contribution in [-0.4, -0.2) is 4.89 Å². The molecule has 0 saturated carbocycles. The Morgan fingerprint density at radius 2 is 2.11 bits per heavy atom. The Bertz CT molecular complexity index is 138. The van der Waals surface area contributed by atoms with Gasteiger partial charge in [0, 0.05) is 5.92 Å². The lowest BCUT2D eigenvalue weighted by molar-refractivity contribution is 0.504. The van der Waals surface area contributed by atoms with E-state index in [1.807, 2.05) is 13.8 Å². The molecule has 0 bridgehead atoms. The first kappa shape index (κ1) is 8.80. The van der Waals surface area contributed by atoms with Gasteiger partial charge in [0.25, 0.3) is 0 Å². The average Bonchev–Trinajstić information content (AvgIpc) is 1.64. The Hall–Kier alpha value is -0.200. The summed E-state index contributed by atoms with van der Waals surface area (Å²) in [6.45, 7) is 5.58. The fourth-order valence-corrected chi connectivity index (χ4v) is 1.33. The Morgan fingerprint density at radius 1 is 1.67 bits per heavy atom. The third kappa shape index (κ3) is 2.73. The Kier molecular flexibility index (Phi) is 3.67. The van der Waals surface area contributed by atoms with E-state index in [1.54, 1.807) is 13.0 Å². The molecule has 0 amide bonds. The molecule has 0 rings (SSSR count). The number of rotatable bonds is 2. The molecule has 3 heteroatoms. The van der Waals surface area contributed by atoms with Crippen LogP contribution >= 0.6 is 8.03 Å². The molecule has 52 valence electrons. The van der Waals surface area contributed by atoms with Crippen LogP contribution in [0.4, 0.5) is 0 Å². The molecule has 1 atom stereocenters. The summed E-state index contributed by atoms with van der Waals surface area (Å²) in [5, 5.41) is 0.630. The highest BCUT2D eigenvalue weighted by Crippen LogP contribution is 2.32. The highest BCUT2D eigenvalue weighted by atomic mass is 31.1. The molecule has 1 N–H and O–H groups in total. The van der Waals surface area contributed by atoms with Crippen molar-refractivity contribution in [2.75, 3.05) is 0 Å². The minimum absolute atomic E-state index is 0.184. The van der Waals surface area contributed by atoms with Crippen LogP contribution in [0.5, 0.6) is 0 Å². The zero-order chi connectivity index (χ0) is 7.44. The minimum atomic E-state index is -2.09. The van der Waals surface area contributed by atoms with Gasteiger partial charge >= 0.3 is 8.03 Å². The second kappa shape index (κ2) is 3.76. The quantitative estimate of drug-likeness (QED) is 0.608. The molecule has 0 radical (unpaired) electrons. The van der Waals surface area contributed by atoms with E-state index in [2.05, 4.69) is 0 Å². The van der Waals surface area contributed by atoms with Crippen LogP contribution in [0, 0.1) is 5.92 Å². The largest absolute Gasteiger partial charge is 0.541 e. The van der Waals surface area contributed by atoms with E-state index < -0.39 is 8.03 Å². The van der Waals surface area contributed by atoms with Gasteiger partial charge in [-0.3, -0.25) is 0 Å². The summed E-state index contributed by atoms with van der Waals surface area (Å²) < 4.78 is 10.5. The molecule has 0 heterocycles. The predicted molar refractivity (Wildman–Crippen MR) is 38.4 cm³/mol. The fourth-order valence-electron chi connectivity index (χ4n) is 0.665. The number of allylic oxidation sites excluding steroid dienone is 2. The van der Waals surface area contributed by atoms with Crippen molar-refractivity contribution >= 4 is 8.03 Å². The second-order valence-electron chi connectivity index (χ2n) is 2.14. The molecule has 0 aromatic rings. The lowest BCUT2D eigenvalue weighted by atomic mass is 10.2. The Labute approximate surface area is 56.5 Å². The summed E-state index contributed by atoms with van der Waals surface area (Å²) in [6.07, 6.45) is 1.70. The van der Waals surface area contributed by atoms with Crippen LogP contribution in [-0.2, 0) is 4.57 Å². The van der Waals surface area contributed by atoms with Crippen molar-refractivity contribution in [2.24, 2.45) is 5.92 Å². The Balaban J connectivity index is 4.19. The third-order valence-electron chi connectivity index (χ3n) is 1.11. The van der Waals surface area contributed by atoms with Crippen LogP contribution in [0.3, 0.4) is 0 Å². The normalized spacial score (nSPS) is 14.3. The molecule has 0 aromatic heterocycles. The van der Waals surface area contributed by atoms with E-state index >= 15 is 0 Å². The van der Waals surface area contributed by atoms with Crippen molar-refractivity contribution in [3.63, 3.8) is 0 Å². The van der Waals surface area contributed by atoms with E-state index in [4.69, 9.17) is 4.89 Å². The molecule has 9 heavy (non-hydrogen) atoms. The van der Waals surface area contributed by atoms with Gasteiger partial charge in [0.05, 0.1) is 0 Å². The molecule has 0 spiro atoms. The number of hydrogen-bond acceptors (Lipinski definition) is 1. The van der Waals surface area contributed by atoms with E-state index in [1.165, 1.54) is 0 Å². The molecule has 1 unspecified atom stereocenters. The van der Waals surface area contributed by atoms with Crippen LogP contribution in [0.2, 0.25) is 0 Å². The maximum atomic E-state index is 10.5. The van der Waals surface area contributed by atoms with Crippen molar-refractivity contribution in [1.82, 2.24) is 0 Å². The van der Waals surface area contributed by atoms with E-state index in [0.717, 1.165) is 0 Å². The Morgan fingerprint density at radius 3 is 2.11 bits per heavy atom. The van der Waals surface area contributed by atoms with E-state index in [0.29, 0.717) is 5.31 Å². The van der Waals surface area contributed by atoms with Crippen molar-refractivity contribution in [3.05, 3.63) is 11.4 Å².